The molecule has 17 heavy (non-hydrogen) atoms. The summed E-state index contributed by atoms with van der Waals surface area (Å²) < 4.78 is 12.8. The van der Waals surface area contributed by atoms with Gasteiger partial charge in [0, 0.05) is 0 Å². The molecule has 6 heteroatoms. The molecule has 1 rings (SSSR count). The lowest BCUT2D eigenvalue weighted by molar-refractivity contribution is -0.139. The smallest absolute Gasteiger partial charge is 0.326 e. The van der Waals surface area contributed by atoms with E-state index < -0.39 is 23.9 Å². The van der Waals surface area contributed by atoms with Crippen molar-refractivity contribution in [1.82, 2.24) is 10.3 Å². The molecule has 0 saturated heterocycles. The molecule has 1 aromatic heterocycles. The van der Waals surface area contributed by atoms with E-state index in [0.717, 1.165) is 6.07 Å². The summed E-state index contributed by atoms with van der Waals surface area (Å²) >= 11 is 0. The van der Waals surface area contributed by atoms with E-state index in [1.165, 1.54) is 12.1 Å². The van der Waals surface area contributed by atoms with Gasteiger partial charge in [0.15, 0.2) is 0 Å². The summed E-state index contributed by atoms with van der Waals surface area (Å²) in [5.74, 6) is -2.58. The van der Waals surface area contributed by atoms with Crippen LogP contribution in [0.5, 0.6) is 0 Å². The van der Waals surface area contributed by atoms with Crippen molar-refractivity contribution < 1.29 is 19.1 Å². The highest BCUT2D eigenvalue weighted by Gasteiger charge is 2.20. The Morgan fingerprint density at radius 3 is 2.76 bits per heavy atom. The third-order valence-corrected chi connectivity index (χ3v) is 2.13. The molecular weight excluding hydrogens is 227 g/mol. The van der Waals surface area contributed by atoms with Crippen molar-refractivity contribution in [2.24, 2.45) is 0 Å². The Balaban J connectivity index is 2.73. The molecule has 0 saturated carbocycles. The average molecular weight is 240 g/mol. The second-order valence-electron chi connectivity index (χ2n) is 3.50. The molecule has 0 aliphatic heterocycles. The highest BCUT2D eigenvalue weighted by molar-refractivity contribution is 5.94. The highest BCUT2D eigenvalue weighted by atomic mass is 19.1. The number of nitrogens with zero attached hydrogens (tertiary/aromatic N) is 1. The van der Waals surface area contributed by atoms with Crippen LogP contribution in [0, 0.1) is 5.95 Å². The maximum absolute atomic E-state index is 12.8. The number of nitrogens with one attached hydrogen (secondary N) is 1. The Morgan fingerprint density at radius 2 is 2.24 bits per heavy atom. The minimum Gasteiger partial charge on any atom is -0.480 e. The van der Waals surface area contributed by atoms with Gasteiger partial charge in [-0.3, -0.25) is 4.79 Å². The summed E-state index contributed by atoms with van der Waals surface area (Å²) in [6.45, 7) is 1.81. The third kappa shape index (κ3) is 3.82. The zero-order valence-corrected chi connectivity index (χ0v) is 9.31. The maximum atomic E-state index is 12.8. The minimum absolute atomic E-state index is 0.132. The Hall–Kier alpha value is -1.98. The molecule has 0 bridgehead atoms. The molecule has 1 aromatic rings. The minimum atomic E-state index is -1.11. The standard InChI is InChI=1S/C11H13FN2O3/c1-2-4-8(11(16)17)14-10(15)7-5-3-6-9(12)13-7/h3,5-6,8H,2,4H2,1H3,(H,14,15)(H,16,17)/t8-/m1/s1. The monoisotopic (exact) mass is 240 g/mol. The molecule has 0 aromatic carbocycles. The number of carboxylic acids is 1. The van der Waals surface area contributed by atoms with Crippen LogP contribution in [-0.4, -0.2) is 28.0 Å². The lowest BCUT2D eigenvalue weighted by Crippen LogP contribution is -2.41. The van der Waals surface area contributed by atoms with E-state index in [1.807, 2.05) is 6.92 Å². The van der Waals surface area contributed by atoms with E-state index in [-0.39, 0.29) is 5.69 Å². The van der Waals surface area contributed by atoms with Crippen LogP contribution in [0.3, 0.4) is 0 Å². The molecule has 0 spiro atoms. The number of pyridine rings is 1. The van der Waals surface area contributed by atoms with Crippen molar-refractivity contribution in [3.8, 4) is 0 Å². The van der Waals surface area contributed by atoms with Crippen molar-refractivity contribution in [3.05, 3.63) is 29.8 Å². The lowest BCUT2D eigenvalue weighted by atomic mass is 10.1. The maximum Gasteiger partial charge on any atom is 0.326 e. The van der Waals surface area contributed by atoms with E-state index in [0.29, 0.717) is 12.8 Å². The van der Waals surface area contributed by atoms with E-state index in [4.69, 9.17) is 5.11 Å². The fraction of sp³-hybridized carbons (Fsp3) is 0.364. The summed E-state index contributed by atoms with van der Waals surface area (Å²) in [6.07, 6.45) is 0.935. The van der Waals surface area contributed by atoms with Gasteiger partial charge in [0.25, 0.3) is 5.91 Å². The topological polar surface area (TPSA) is 79.3 Å². The van der Waals surface area contributed by atoms with Gasteiger partial charge in [0.2, 0.25) is 5.95 Å². The van der Waals surface area contributed by atoms with E-state index >= 15 is 0 Å². The molecule has 1 atom stereocenters. The fourth-order valence-electron chi connectivity index (χ4n) is 1.31. The zero-order valence-electron chi connectivity index (χ0n) is 9.31. The van der Waals surface area contributed by atoms with Crippen molar-refractivity contribution in [3.63, 3.8) is 0 Å². The number of amides is 1. The zero-order chi connectivity index (χ0) is 12.8. The van der Waals surface area contributed by atoms with Gasteiger partial charge in [0.1, 0.15) is 11.7 Å². The van der Waals surface area contributed by atoms with Crippen molar-refractivity contribution in [1.29, 1.82) is 0 Å². The molecule has 0 fully saturated rings. The van der Waals surface area contributed by atoms with Crippen LogP contribution in [0.4, 0.5) is 4.39 Å². The van der Waals surface area contributed by atoms with Crippen LogP contribution in [0.15, 0.2) is 18.2 Å². The summed E-state index contributed by atoms with van der Waals surface area (Å²) in [6, 6.07) is 2.80. The lowest BCUT2D eigenvalue weighted by Gasteiger charge is -2.12. The van der Waals surface area contributed by atoms with Crippen LogP contribution < -0.4 is 5.32 Å². The molecule has 1 heterocycles. The van der Waals surface area contributed by atoms with Gasteiger partial charge in [-0.25, -0.2) is 9.78 Å². The molecular formula is C11H13FN2O3. The van der Waals surface area contributed by atoms with Gasteiger partial charge in [-0.05, 0) is 18.6 Å². The first-order chi connectivity index (χ1) is 8.04. The Labute approximate surface area is 97.7 Å². The van der Waals surface area contributed by atoms with Crippen LogP contribution >= 0.6 is 0 Å². The Morgan fingerprint density at radius 1 is 1.53 bits per heavy atom. The van der Waals surface area contributed by atoms with Crippen molar-refractivity contribution in [2.45, 2.75) is 25.8 Å². The summed E-state index contributed by atoms with van der Waals surface area (Å²) in [5.41, 5.74) is -0.132. The third-order valence-electron chi connectivity index (χ3n) is 2.13. The van der Waals surface area contributed by atoms with E-state index in [9.17, 15) is 14.0 Å². The second-order valence-corrected chi connectivity index (χ2v) is 3.50. The van der Waals surface area contributed by atoms with Gasteiger partial charge < -0.3 is 10.4 Å². The molecule has 5 nitrogen and oxygen atoms in total. The fourth-order valence-corrected chi connectivity index (χ4v) is 1.31. The molecule has 0 aliphatic carbocycles. The first-order valence-electron chi connectivity index (χ1n) is 5.20. The first kappa shape index (κ1) is 13.1. The number of aromatic nitrogens is 1. The molecule has 0 aliphatic rings. The summed E-state index contributed by atoms with van der Waals surface area (Å²) in [5, 5.41) is 11.1. The first-order valence-corrected chi connectivity index (χ1v) is 5.20. The number of carbonyl (C=O) groups is 2. The van der Waals surface area contributed by atoms with Crippen LogP contribution in [0.25, 0.3) is 0 Å². The molecule has 92 valence electrons. The number of carbonyl (C=O) groups excluding carboxylic acids is 1. The number of carboxylic acid groups (broad SMARTS) is 1. The summed E-state index contributed by atoms with van der Waals surface area (Å²) in [4.78, 5) is 25.8. The predicted molar refractivity (Wildman–Crippen MR) is 58.0 cm³/mol. The summed E-state index contributed by atoms with van der Waals surface area (Å²) in [7, 11) is 0. The van der Waals surface area contributed by atoms with Gasteiger partial charge in [0.05, 0.1) is 0 Å². The number of hydrogen-bond acceptors (Lipinski definition) is 3. The largest absolute Gasteiger partial charge is 0.480 e. The van der Waals surface area contributed by atoms with Crippen LogP contribution in [0.1, 0.15) is 30.3 Å². The predicted octanol–water partition coefficient (Wildman–Crippen LogP) is 1.20. The quantitative estimate of drug-likeness (QED) is 0.758. The molecule has 2 N–H and O–H groups in total. The highest BCUT2D eigenvalue weighted by Crippen LogP contribution is 2.01. The van der Waals surface area contributed by atoms with E-state index in [1.54, 1.807) is 0 Å². The van der Waals surface area contributed by atoms with Gasteiger partial charge in [-0.15, -0.1) is 0 Å². The Bertz CT molecular complexity index is 423. The number of hydrogen-bond donors (Lipinski definition) is 2. The SMILES string of the molecule is CCC[C@@H](NC(=O)c1cccc(F)n1)C(=O)O. The Kier molecular flexibility index (Phi) is 4.56. The number of aliphatic carboxylic acids is 1. The number of halogens is 1. The van der Waals surface area contributed by atoms with Gasteiger partial charge >= 0.3 is 5.97 Å². The molecule has 0 radical (unpaired) electrons. The number of rotatable bonds is 5. The average Bonchev–Trinajstić information content (AvgIpc) is 2.28. The van der Waals surface area contributed by atoms with Gasteiger partial charge in [-0.1, -0.05) is 19.4 Å². The van der Waals surface area contributed by atoms with E-state index in [2.05, 4.69) is 10.3 Å². The van der Waals surface area contributed by atoms with Crippen LogP contribution in [0.2, 0.25) is 0 Å². The van der Waals surface area contributed by atoms with Crippen molar-refractivity contribution >= 4 is 11.9 Å². The van der Waals surface area contributed by atoms with Crippen molar-refractivity contribution in [2.75, 3.05) is 0 Å². The molecule has 0 unspecified atom stereocenters. The van der Waals surface area contributed by atoms with Crippen LogP contribution in [-0.2, 0) is 4.79 Å². The van der Waals surface area contributed by atoms with Gasteiger partial charge in [-0.2, -0.15) is 4.39 Å². The molecule has 1 amide bonds. The normalized spacial score (nSPS) is 11.9. The second kappa shape index (κ2) is 5.93.